The number of amides is 1. The van der Waals surface area contributed by atoms with E-state index in [1.54, 1.807) is 29.2 Å². The zero-order valence-electron chi connectivity index (χ0n) is 13.5. The van der Waals surface area contributed by atoms with E-state index in [1.165, 1.54) is 0 Å². The molecule has 1 aromatic carbocycles. The van der Waals surface area contributed by atoms with Gasteiger partial charge in [-0.05, 0) is 31.4 Å². The molecule has 1 saturated heterocycles. The molecule has 1 saturated carbocycles. The second-order valence-electron chi connectivity index (χ2n) is 6.66. The molecule has 0 bridgehead atoms. The smallest absolute Gasteiger partial charge is 0.278 e. The van der Waals surface area contributed by atoms with Gasteiger partial charge >= 0.3 is 0 Å². The van der Waals surface area contributed by atoms with Gasteiger partial charge in [0.15, 0.2) is 9.84 Å². The van der Waals surface area contributed by atoms with Gasteiger partial charge in [0.25, 0.3) is 5.56 Å². The maximum atomic E-state index is 12.8. The maximum Gasteiger partial charge on any atom is 0.278 e. The van der Waals surface area contributed by atoms with Crippen molar-refractivity contribution in [3.8, 4) is 0 Å². The molecule has 0 unspecified atom stereocenters. The lowest BCUT2D eigenvalue weighted by atomic mass is 10.2. The second-order valence-corrected chi connectivity index (χ2v) is 8.89. The largest absolute Gasteiger partial charge is 0.334 e. The Morgan fingerprint density at radius 3 is 2.64 bits per heavy atom. The molecule has 1 atom stereocenters. The van der Waals surface area contributed by atoms with Crippen LogP contribution in [0.25, 0.3) is 10.9 Å². The first-order chi connectivity index (χ1) is 11.9. The van der Waals surface area contributed by atoms with Crippen molar-refractivity contribution < 1.29 is 13.2 Å². The van der Waals surface area contributed by atoms with Gasteiger partial charge in [0.1, 0.15) is 12.1 Å². The zero-order chi connectivity index (χ0) is 17.6. The van der Waals surface area contributed by atoms with Gasteiger partial charge < -0.3 is 4.90 Å². The van der Waals surface area contributed by atoms with Crippen LogP contribution in [0.15, 0.2) is 29.1 Å². The third kappa shape index (κ3) is 3.15. The highest BCUT2D eigenvalue weighted by molar-refractivity contribution is 7.91. The van der Waals surface area contributed by atoms with Crippen LogP contribution >= 0.6 is 0 Å². The van der Waals surface area contributed by atoms with Crippen LogP contribution < -0.4 is 5.56 Å². The lowest BCUT2D eigenvalue weighted by Crippen LogP contribution is -2.45. The maximum absolute atomic E-state index is 12.8. The van der Waals surface area contributed by atoms with Crippen molar-refractivity contribution in [1.29, 1.82) is 0 Å². The van der Waals surface area contributed by atoms with E-state index < -0.39 is 9.84 Å². The van der Waals surface area contributed by atoms with Crippen LogP contribution in [0.4, 0.5) is 0 Å². The predicted molar refractivity (Wildman–Crippen MR) is 90.7 cm³/mol. The quantitative estimate of drug-likeness (QED) is 0.757. The highest BCUT2D eigenvalue weighted by Gasteiger charge is 2.42. The van der Waals surface area contributed by atoms with Crippen molar-refractivity contribution in [2.45, 2.75) is 37.9 Å². The molecule has 1 amide bonds. The zero-order valence-corrected chi connectivity index (χ0v) is 14.4. The summed E-state index contributed by atoms with van der Waals surface area (Å²) in [6.07, 6.45) is 2.21. The van der Waals surface area contributed by atoms with Crippen molar-refractivity contribution in [2.24, 2.45) is 0 Å². The summed E-state index contributed by atoms with van der Waals surface area (Å²) in [6.45, 7) is -0.219. The number of carbonyl (C=O) groups is 1. The Morgan fingerprint density at radius 2 is 1.96 bits per heavy atom. The van der Waals surface area contributed by atoms with E-state index in [0.717, 1.165) is 17.5 Å². The van der Waals surface area contributed by atoms with Crippen molar-refractivity contribution >= 4 is 26.6 Å². The van der Waals surface area contributed by atoms with Gasteiger partial charge in [-0.2, -0.15) is 0 Å². The van der Waals surface area contributed by atoms with E-state index in [-0.39, 0.29) is 41.6 Å². The fourth-order valence-electron chi connectivity index (χ4n) is 3.39. The number of sulfone groups is 1. The third-order valence-corrected chi connectivity index (χ3v) is 6.49. The van der Waals surface area contributed by atoms with Crippen molar-refractivity contribution in [2.75, 3.05) is 11.5 Å². The van der Waals surface area contributed by atoms with Gasteiger partial charge in [-0.15, -0.1) is 5.10 Å². The van der Waals surface area contributed by atoms with Crippen LogP contribution in [0.5, 0.6) is 0 Å². The molecule has 4 rings (SSSR count). The minimum Gasteiger partial charge on any atom is -0.334 e. The molecule has 8 nitrogen and oxygen atoms in total. The summed E-state index contributed by atoms with van der Waals surface area (Å²) in [4.78, 5) is 26.9. The number of hydrogen-bond acceptors (Lipinski definition) is 6. The molecule has 0 spiro atoms. The number of benzene rings is 1. The number of aromatic nitrogens is 3. The Hall–Kier alpha value is -2.29. The molecular weight excluding hydrogens is 344 g/mol. The minimum atomic E-state index is -3.08. The summed E-state index contributed by atoms with van der Waals surface area (Å²) in [6, 6.07) is 6.62. The van der Waals surface area contributed by atoms with E-state index in [0.29, 0.717) is 17.3 Å². The normalized spacial score (nSPS) is 22.2. The van der Waals surface area contributed by atoms with E-state index in [9.17, 15) is 18.0 Å². The molecule has 9 heteroatoms. The highest BCUT2D eigenvalue weighted by Crippen LogP contribution is 2.32. The number of carbonyl (C=O) groups excluding carboxylic acids is 1. The van der Waals surface area contributed by atoms with Gasteiger partial charge in [0.2, 0.25) is 5.91 Å². The van der Waals surface area contributed by atoms with Crippen molar-refractivity contribution in [3.05, 3.63) is 34.6 Å². The summed E-state index contributed by atoms with van der Waals surface area (Å²) in [5.41, 5.74) is 0.117. The standard InChI is InChI=1S/C16H18N4O4S/c21-15(20(11-5-6-11)12-7-8-25(23,24)10-12)9-19-16(22)13-3-1-2-4-14(13)17-18-19/h1-4,11-12H,5-10H2/t12-/m0/s1. The monoisotopic (exact) mass is 362 g/mol. The molecule has 2 aliphatic rings. The summed E-state index contributed by atoms with van der Waals surface area (Å²) in [5, 5.41) is 8.24. The van der Waals surface area contributed by atoms with Crippen LogP contribution in [0.2, 0.25) is 0 Å². The molecule has 1 aromatic heterocycles. The summed E-state index contributed by atoms with van der Waals surface area (Å²) in [5.74, 6) is -0.145. The minimum absolute atomic E-state index is 0.00748. The molecular formula is C16H18N4O4S. The lowest BCUT2D eigenvalue weighted by molar-refractivity contribution is -0.134. The van der Waals surface area contributed by atoms with Crippen LogP contribution in [0.3, 0.4) is 0 Å². The topological polar surface area (TPSA) is 102 Å². The predicted octanol–water partition coefficient (Wildman–Crippen LogP) is -0.0304. The average Bonchev–Trinajstić information content (AvgIpc) is 3.34. The van der Waals surface area contributed by atoms with Crippen LogP contribution in [0, 0.1) is 0 Å². The Balaban J connectivity index is 1.60. The summed E-state index contributed by atoms with van der Waals surface area (Å²) in [7, 11) is -3.08. The van der Waals surface area contributed by atoms with Crippen molar-refractivity contribution in [3.63, 3.8) is 0 Å². The van der Waals surface area contributed by atoms with Gasteiger partial charge in [-0.25, -0.2) is 13.1 Å². The first kappa shape index (κ1) is 16.2. The molecule has 2 fully saturated rings. The van der Waals surface area contributed by atoms with E-state index in [4.69, 9.17) is 0 Å². The molecule has 25 heavy (non-hydrogen) atoms. The Morgan fingerprint density at radius 1 is 1.20 bits per heavy atom. The van der Waals surface area contributed by atoms with Gasteiger partial charge in [-0.3, -0.25) is 9.59 Å². The number of fused-ring (bicyclic) bond motifs is 1. The van der Waals surface area contributed by atoms with Gasteiger partial charge in [0, 0.05) is 12.1 Å². The molecule has 2 aromatic rings. The van der Waals surface area contributed by atoms with E-state index >= 15 is 0 Å². The van der Waals surface area contributed by atoms with Crippen LogP contribution in [-0.2, 0) is 21.2 Å². The second kappa shape index (κ2) is 5.91. The molecule has 2 heterocycles. The van der Waals surface area contributed by atoms with Gasteiger partial charge in [0.05, 0.1) is 16.9 Å². The van der Waals surface area contributed by atoms with Crippen molar-refractivity contribution in [1.82, 2.24) is 19.9 Å². The SMILES string of the molecule is O=C(Cn1nnc2ccccc2c1=O)N(C1CC1)[C@H]1CCS(=O)(=O)C1. The number of hydrogen-bond donors (Lipinski definition) is 0. The lowest BCUT2D eigenvalue weighted by Gasteiger charge is -2.28. The number of rotatable bonds is 4. The summed E-state index contributed by atoms with van der Waals surface area (Å²) < 4.78 is 24.6. The number of nitrogens with zero attached hydrogens (tertiary/aromatic N) is 4. The van der Waals surface area contributed by atoms with Crippen LogP contribution in [-0.4, -0.2) is 57.8 Å². The molecule has 132 valence electrons. The van der Waals surface area contributed by atoms with E-state index in [2.05, 4.69) is 10.3 Å². The molecule has 0 N–H and O–H groups in total. The van der Waals surface area contributed by atoms with Gasteiger partial charge in [-0.1, -0.05) is 17.3 Å². The first-order valence-electron chi connectivity index (χ1n) is 8.29. The first-order valence-corrected chi connectivity index (χ1v) is 10.1. The Bertz CT molecular complexity index is 997. The molecule has 1 aliphatic heterocycles. The highest BCUT2D eigenvalue weighted by atomic mass is 32.2. The van der Waals surface area contributed by atoms with E-state index in [1.807, 2.05) is 0 Å². The Labute approximate surface area is 144 Å². The Kier molecular flexibility index (Phi) is 3.82. The average molecular weight is 362 g/mol. The molecule has 1 aliphatic carbocycles. The molecule has 0 radical (unpaired) electrons. The fraction of sp³-hybridized carbons (Fsp3) is 0.500. The van der Waals surface area contributed by atoms with Crippen LogP contribution in [0.1, 0.15) is 19.3 Å². The summed E-state index contributed by atoms with van der Waals surface area (Å²) >= 11 is 0. The third-order valence-electron chi connectivity index (χ3n) is 4.74. The fourth-order valence-corrected chi connectivity index (χ4v) is 5.10.